The van der Waals surface area contributed by atoms with Crippen molar-refractivity contribution in [2.75, 3.05) is 23.7 Å². The zero-order valence-electron chi connectivity index (χ0n) is 19.3. The van der Waals surface area contributed by atoms with Crippen LogP contribution in [0.1, 0.15) is 30.2 Å². The lowest BCUT2D eigenvalue weighted by Gasteiger charge is -2.43. The first-order valence-corrected chi connectivity index (χ1v) is 13.5. The standard InChI is InChI=1S/C23H22ClF3N4O3S2/c1-11-7-29(8-12(2)31(11)22(33)34)20-14-6-15(23(25,26)27)17(24)19-18(14)30(21(32)28-20)9-13(10-36-19)16-4-3-5-35-16/h3-6,11-13H,7-10H2,1-2H3,(H,33,34)/t11-,12+,13?. The minimum atomic E-state index is -4.71. The monoisotopic (exact) mass is 558 g/mol. The Balaban J connectivity index is 1.73. The van der Waals surface area contributed by atoms with Crippen molar-refractivity contribution >= 4 is 57.5 Å². The maximum atomic E-state index is 14.1. The topological polar surface area (TPSA) is 78.7 Å². The summed E-state index contributed by atoms with van der Waals surface area (Å²) in [6, 6.07) is 3.92. The number of halogens is 4. The molecule has 0 saturated carbocycles. The molecule has 3 aromatic rings. The van der Waals surface area contributed by atoms with Gasteiger partial charge in [-0.3, -0.25) is 9.47 Å². The molecule has 1 fully saturated rings. The minimum absolute atomic E-state index is 0.0968. The number of thioether (sulfide) groups is 1. The Morgan fingerprint density at radius 1 is 1.22 bits per heavy atom. The number of anilines is 1. The van der Waals surface area contributed by atoms with E-state index in [1.165, 1.54) is 32.6 Å². The van der Waals surface area contributed by atoms with Crippen molar-refractivity contribution in [3.8, 4) is 0 Å². The molecule has 0 radical (unpaired) electrons. The van der Waals surface area contributed by atoms with E-state index in [0.717, 1.165) is 10.9 Å². The molecule has 0 aliphatic carbocycles. The van der Waals surface area contributed by atoms with Crippen LogP contribution in [0.15, 0.2) is 33.3 Å². The van der Waals surface area contributed by atoms with Crippen LogP contribution in [-0.4, -0.2) is 56.6 Å². The van der Waals surface area contributed by atoms with E-state index in [1.807, 2.05) is 17.5 Å². The molecule has 1 aromatic carbocycles. The molecule has 2 aliphatic rings. The van der Waals surface area contributed by atoms with Crippen LogP contribution in [0.3, 0.4) is 0 Å². The molecule has 1 unspecified atom stereocenters. The fraction of sp³-hybridized carbons (Fsp3) is 0.435. The van der Waals surface area contributed by atoms with E-state index in [0.29, 0.717) is 11.3 Å². The van der Waals surface area contributed by atoms with Gasteiger partial charge in [0.1, 0.15) is 5.82 Å². The summed E-state index contributed by atoms with van der Waals surface area (Å²) in [6.45, 7) is 4.09. The van der Waals surface area contributed by atoms with Gasteiger partial charge in [-0.1, -0.05) is 17.7 Å². The first-order chi connectivity index (χ1) is 17.0. The van der Waals surface area contributed by atoms with E-state index in [1.54, 1.807) is 18.7 Å². The van der Waals surface area contributed by atoms with Gasteiger partial charge in [0.2, 0.25) is 0 Å². The Kier molecular flexibility index (Phi) is 6.40. The van der Waals surface area contributed by atoms with Crippen LogP contribution in [-0.2, 0) is 12.7 Å². The summed E-state index contributed by atoms with van der Waals surface area (Å²) in [5.74, 6) is 0.479. The number of hydrogen-bond acceptors (Lipinski definition) is 6. The third-order valence-corrected chi connectivity index (χ3v) is 9.45. The van der Waals surface area contributed by atoms with Crippen LogP contribution in [0.5, 0.6) is 0 Å². The number of hydrogen-bond donors (Lipinski definition) is 1. The maximum absolute atomic E-state index is 14.1. The number of rotatable bonds is 2. The third-order valence-electron chi connectivity index (χ3n) is 6.66. The van der Waals surface area contributed by atoms with Crippen LogP contribution in [0.25, 0.3) is 10.9 Å². The van der Waals surface area contributed by atoms with E-state index in [2.05, 4.69) is 4.98 Å². The summed E-state index contributed by atoms with van der Waals surface area (Å²) >= 11 is 9.10. The third kappa shape index (κ3) is 4.22. The lowest BCUT2D eigenvalue weighted by atomic mass is 10.1. The second-order valence-electron chi connectivity index (χ2n) is 9.11. The highest BCUT2D eigenvalue weighted by Gasteiger charge is 2.39. The van der Waals surface area contributed by atoms with Crippen molar-refractivity contribution in [3.63, 3.8) is 0 Å². The van der Waals surface area contributed by atoms with Gasteiger partial charge < -0.3 is 10.0 Å². The quantitative estimate of drug-likeness (QED) is 0.441. The Morgan fingerprint density at radius 2 is 1.92 bits per heavy atom. The minimum Gasteiger partial charge on any atom is -0.465 e. The van der Waals surface area contributed by atoms with Crippen molar-refractivity contribution in [2.45, 2.75) is 49.5 Å². The second-order valence-corrected chi connectivity index (χ2v) is 11.5. The number of benzene rings is 1. The second kappa shape index (κ2) is 9.14. The first-order valence-electron chi connectivity index (χ1n) is 11.2. The Morgan fingerprint density at radius 3 is 2.50 bits per heavy atom. The maximum Gasteiger partial charge on any atom is 0.417 e. The van der Waals surface area contributed by atoms with E-state index in [-0.39, 0.29) is 41.7 Å². The molecule has 4 heterocycles. The number of amides is 1. The summed E-state index contributed by atoms with van der Waals surface area (Å²) in [5, 5.41) is 11.2. The van der Waals surface area contributed by atoms with Gasteiger partial charge in [-0.25, -0.2) is 9.59 Å². The van der Waals surface area contributed by atoms with Gasteiger partial charge >= 0.3 is 18.0 Å². The van der Waals surface area contributed by atoms with Crippen molar-refractivity contribution in [3.05, 3.63) is 49.5 Å². The summed E-state index contributed by atoms with van der Waals surface area (Å²) in [5.41, 5.74) is -1.21. The van der Waals surface area contributed by atoms with Crippen LogP contribution in [0, 0.1) is 0 Å². The highest BCUT2D eigenvalue weighted by Crippen LogP contribution is 2.47. The lowest BCUT2D eigenvalue weighted by Crippen LogP contribution is -2.58. The number of nitrogens with zero attached hydrogens (tertiary/aromatic N) is 4. The van der Waals surface area contributed by atoms with Crippen LogP contribution < -0.4 is 10.6 Å². The Bertz CT molecular complexity index is 1380. The van der Waals surface area contributed by atoms with E-state index >= 15 is 0 Å². The number of alkyl halides is 3. The van der Waals surface area contributed by atoms with Gasteiger partial charge in [0.15, 0.2) is 0 Å². The van der Waals surface area contributed by atoms with E-state index in [4.69, 9.17) is 11.6 Å². The van der Waals surface area contributed by atoms with Crippen LogP contribution in [0.4, 0.5) is 23.8 Å². The normalized spacial score (nSPS) is 22.7. The molecular formula is C23H22ClF3N4O3S2. The number of aromatic nitrogens is 2. The highest BCUT2D eigenvalue weighted by atomic mass is 35.5. The fourth-order valence-electron chi connectivity index (χ4n) is 5.14. The van der Waals surface area contributed by atoms with Gasteiger partial charge in [0, 0.05) is 41.6 Å². The lowest BCUT2D eigenvalue weighted by molar-refractivity contribution is -0.137. The molecule has 2 aliphatic heterocycles. The SMILES string of the molecule is C[C@@H]1CN(c2nc(=O)n3c4c(c(Cl)c(C(F)(F)F)cc24)SCC(c2cccs2)C3)C[C@H](C)N1C(=O)O. The summed E-state index contributed by atoms with van der Waals surface area (Å²) < 4.78 is 43.6. The predicted octanol–water partition coefficient (Wildman–Crippen LogP) is 5.60. The predicted molar refractivity (Wildman–Crippen MR) is 135 cm³/mol. The Hall–Kier alpha value is -2.44. The highest BCUT2D eigenvalue weighted by molar-refractivity contribution is 7.99. The zero-order valence-corrected chi connectivity index (χ0v) is 21.6. The number of carboxylic acid groups (broad SMARTS) is 1. The van der Waals surface area contributed by atoms with Crippen molar-refractivity contribution in [2.24, 2.45) is 0 Å². The number of piperazine rings is 1. The molecule has 1 amide bonds. The average Bonchev–Trinajstić information content (AvgIpc) is 3.23. The molecule has 192 valence electrons. The van der Waals surface area contributed by atoms with Gasteiger partial charge in [-0.15, -0.1) is 23.1 Å². The molecule has 5 rings (SSSR count). The average molecular weight is 559 g/mol. The van der Waals surface area contributed by atoms with Crippen LogP contribution in [0.2, 0.25) is 5.02 Å². The molecule has 0 spiro atoms. The Labute approximate surface area is 217 Å². The molecule has 7 nitrogen and oxygen atoms in total. The smallest absolute Gasteiger partial charge is 0.417 e. The van der Waals surface area contributed by atoms with Gasteiger partial charge in [0.25, 0.3) is 0 Å². The van der Waals surface area contributed by atoms with Crippen molar-refractivity contribution in [1.82, 2.24) is 14.5 Å². The molecule has 1 saturated heterocycles. The van der Waals surface area contributed by atoms with Gasteiger partial charge in [-0.05, 0) is 31.4 Å². The van der Waals surface area contributed by atoms with E-state index in [9.17, 15) is 27.9 Å². The number of carbonyl (C=O) groups is 1. The summed E-state index contributed by atoms with van der Waals surface area (Å²) in [7, 11) is 0. The summed E-state index contributed by atoms with van der Waals surface area (Å²) in [4.78, 5) is 33.6. The van der Waals surface area contributed by atoms with Crippen LogP contribution >= 0.6 is 34.7 Å². The van der Waals surface area contributed by atoms with Gasteiger partial charge in [-0.2, -0.15) is 18.2 Å². The summed E-state index contributed by atoms with van der Waals surface area (Å²) in [6.07, 6.45) is -5.78. The largest absolute Gasteiger partial charge is 0.465 e. The van der Waals surface area contributed by atoms with E-state index < -0.39 is 40.6 Å². The first kappa shape index (κ1) is 25.2. The van der Waals surface area contributed by atoms with Crippen molar-refractivity contribution in [1.29, 1.82) is 0 Å². The number of thiophene rings is 1. The van der Waals surface area contributed by atoms with Gasteiger partial charge in [0.05, 0.1) is 33.1 Å². The molecule has 13 heteroatoms. The zero-order chi connectivity index (χ0) is 25.9. The molecule has 0 bridgehead atoms. The molecule has 3 atom stereocenters. The molecule has 36 heavy (non-hydrogen) atoms. The van der Waals surface area contributed by atoms with Crippen molar-refractivity contribution < 1.29 is 23.1 Å². The molecule has 2 aromatic heterocycles. The fourth-order valence-corrected chi connectivity index (χ4v) is 7.73. The molecule has 1 N–H and O–H groups in total. The molecular weight excluding hydrogens is 537 g/mol.